The summed E-state index contributed by atoms with van der Waals surface area (Å²) in [5.41, 5.74) is 5.55. The van der Waals surface area contributed by atoms with Crippen LogP contribution in [0.25, 0.3) is 11.0 Å². The molecule has 0 aromatic carbocycles. The Morgan fingerprint density at radius 3 is 2.74 bits per heavy atom. The fourth-order valence-corrected chi connectivity index (χ4v) is 2.24. The first-order valence-electron chi connectivity index (χ1n) is 5.24. The number of hydrogen-bond acceptors (Lipinski definition) is 5. The van der Waals surface area contributed by atoms with Crippen LogP contribution in [0, 0.1) is 0 Å². The van der Waals surface area contributed by atoms with Crippen molar-refractivity contribution < 1.29 is 15.0 Å². The van der Waals surface area contributed by atoms with Crippen LogP contribution in [0.15, 0.2) is 6.20 Å². The van der Waals surface area contributed by atoms with Gasteiger partial charge in [-0.05, 0) is 11.6 Å². The van der Waals surface area contributed by atoms with E-state index < -0.39 is 18.1 Å². The van der Waals surface area contributed by atoms with Gasteiger partial charge in [0.1, 0.15) is 16.9 Å². The maximum absolute atomic E-state index is 10.7. The molecule has 0 saturated carbocycles. The molecular formula is C10H10Cl2N4O3. The van der Waals surface area contributed by atoms with Crippen molar-refractivity contribution in [2.24, 2.45) is 5.73 Å². The van der Waals surface area contributed by atoms with Gasteiger partial charge in [0.15, 0.2) is 0 Å². The highest BCUT2D eigenvalue weighted by Crippen LogP contribution is 2.31. The van der Waals surface area contributed by atoms with Gasteiger partial charge in [-0.3, -0.25) is 4.79 Å². The zero-order valence-corrected chi connectivity index (χ0v) is 11.0. The van der Waals surface area contributed by atoms with E-state index in [0.717, 1.165) is 0 Å². The second-order valence-corrected chi connectivity index (χ2v) is 4.63. The first-order valence-corrected chi connectivity index (χ1v) is 6.00. The smallest absolute Gasteiger partial charge is 0.225 e. The quantitative estimate of drug-likeness (QED) is 0.484. The fourth-order valence-electron chi connectivity index (χ4n) is 1.74. The topological polar surface area (TPSA) is 125 Å². The number of rotatable bonds is 4. The Morgan fingerprint density at radius 1 is 1.42 bits per heavy atom. The Kier molecular flexibility index (Phi) is 3.91. The number of nitrogens with two attached hydrogens (primary N) is 1. The zero-order chi connectivity index (χ0) is 14.2. The number of primary amides is 1. The van der Waals surface area contributed by atoms with E-state index in [-0.39, 0.29) is 22.4 Å². The van der Waals surface area contributed by atoms with Gasteiger partial charge < -0.3 is 20.9 Å². The van der Waals surface area contributed by atoms with Gasteiger partial charge in [0.05, 0.1) is 17.9 Å². The first kappa shape index (κ1) is 14.0. The average molecular weight is 305 g/mol. The van der Waals surface area contributed by atoms with Crippen molar-refractivity contribution in [2.45, 2.75) is 18.6 Å². The first-order chi connectivity index (χ1) is 8.90. The van der Waals surface area contributed by atoms with Gasteiger partial charge in [-0.1, -0.05) is 11.6 Å². The molecule has 9 heteroatoms. The summed E-state index contributed by atoms with van der Waals surface area (Å²) in [5, 5.41) is 20.0. The lowest BCUT2D eigenvalue weighted by atomic mass is 10.0. The summed E-state index contributed by atoms with van der Waals surface area (Å²) in [6, 6.07) is 0. The van der Waals surface area contributed by atoms with Gasteiger partial charge in [-0.25, -0.2) is 4.98 Å². The number of aromatic nitrogens is 3. The third-order valence-electron chi connectivity index (χ3n) is 2.58. The van der Waals surface area contributed by atoms with Crippen molar-refractivity contribution in [3.05, 3.63) is 22.2 Å². The summed E-state index contributed by atoms with van der Waals surface area (Å²) in [6.45, 7) is 0. The van der Waals surface area contributed by atoms with Crippen LogP contribution in [0.1, 0.15) is 18.1 Å². The minimum absolute atomic E-state index is 0.0385. The molecule has 0 fully saturated rings. The normalized spacial score (nSPS) is 14.5. The van der Waals surface area contributed by atoms with E-state index >= 15 is 0 Å². The van der Waals surface area contributed by atoms with Crippen LogP contribution in [-0.4, -0.2) is 37.2 Å². The van der Waals surface area contributed by atoms with Gasteiger partial charge in [-0.2, -0.15) is 4.98 Å². The van der Waals surface area contributed by atoms with E-state index in [9.17, 15) is 15.0 Å². The largest absolute Gasteiger partial charge is 0.390 e. The van der Waals surface area contributed by atoms with Crippen LogP contribution in [-0.2, 0) is 4.79 Å². The molecule has 0 aliphatic rings. The summed E-state index contributed by atoms with van der Waals surface area (Å²) in [6.07, 6.45) is -1.65. The van der Waals surface area contributed by atoms with E-state index in [1.165, 1.54) is 6.20 Å². The number of fused-ring (bicyclic) bond motifs is 1. The molecule has 1 amide bonds. The Labute approximate surface area is 117 Å². The number of hydrogen-bond donors (Lipinski definition) is 4. The van der Waals surface area contributed by atoms with Crippen molar-refractivity contribution in [3.63, 3.8) is 0 Å². The molecule has 2 heterocycles. The Morgan fingerprint density at radius 2 is 2.11 bits per heavy atom. The summed E-state index contributed by atoms with van der Waals surface area (Å²) in [7, 11) is 0. The molecule has 0 bridgehead atoms. The van der Waals surface area contributed by atoms with Crippen LogP contribution in [0.5, 0.6) is 0 Å². The Bertz CT molecular complexity index is 631. The van der Waals surface area contributed by atoms with E-state index in [0.29, 0.717) is 11.0 Å². The molecule has 2 rings (SSSR count). The van der Waals surface area contributed by atoms with Gasteiger partial charge in [0.2, 0.25) is 11.2 Å². The van der Waals surface area contributed by atoms with E-state index in [1.54, 1.807) is 0 Å². The van der Waals surface area contributed by atoms with Gasteiger partial charge in [0.25, 0.3) is 0 Å². The minimum Gasteiger partial charge on any atom is -0.390 e. The summed E-state index contributed by atoms with van der Waals surface area (Å²) in [5.74, 6) is -0.725. The number of amides is 1. The third-order valence-corrected chi connectivity index (χ3v) is 3.03. The Hall–Kier alpha value is -1.41. The summed E-state index contributed by atoms with van der Waals surface area (Å²) in [4.78, 5) is 21.1. The fraction of sp³-hybridized carbons (Fsp3) is 0.300. The highest BCUT2D eigenvalue weighted by molar-refractivity contribution is 6.35. The molecule has 19 heavy (non-hydrogen) atoms. The van der Waals surface area contributed by atoms with Crippen molar-refractivity contribution in [2.75, 3.05) is 0 Å². The molecule has 2 aromatic rings. The highest BCUT2D eigenvalue weighted by Gasteiger charge is 2.25. The summed E-state index contributed by atoms with van der Waals surface area (Å²) >= 11 is 11.6. The maximum atomic E-state index is 10.7. The second-order valence-electron chi connectivity index (χ2n) is 3.93. The van der Waals surface area contributed by atoms with Gasteiger partial charge >= 0.3 is 0 Å². The van der Waals surface area contributed by atoms with Crippen molar-refractivity contribution in [3.8, 4) is 0 Å². The molecule has 0 spiro atoms. The summed E-state index contributed by atoms with van der Waals surface area (Å²) < 4.78 is 0. The molecule has 7 nitrogen and oxygen atoms in total. The van der Waals surface area contributed by atoms with Crippen molar-refractivity contribution in [1.82, 2.24) is 15.0 Å². The molecule has 5 N–H and O–H groups in total. The maximum Gasteiger partial charge on any atom is 0.225 e. The number of carbonyl (C=O) groups is 1. The number of H-pyrrole nitrogens is 1. The zero-order valence-electron chi connectivity index (χ0n) is 9.47. The number of nitrogens with one attached hydrogen (secondary N) is 1. The number of aromatic amines is 1. The van der Waals surface area contributed by atoms with Gasteiger partial charge in [-0.15, -0.1) is 0 Å². The SMILES string of the molecule is NC(=O)CC(O)C(O)c1c[nH]c2nc(Cl)nc(Cl)c12. The van der Waals surface area contributed by atoms with Crippen LogP contribution < -0.4 is 5.73 Å². The standard InChI is InChI=1S/C10H10Cl2N4O3/c11-8-6-3(7(19)4(17)1-5(13)18)2-14-9(6)16-10(12)15-8/h2,4,7,17,19H,1H2,(H2,13,18)(H,14,15,16). The average Bonchev–Trinajstić information content (AvgIpc) is 2.70. The number of aliphatic hydroxyl groups is 2. The van der Waals surface area contributed by atoms with Crippen LogP contribution in [0.4, 0.5) is 0 Å². The molecule has 2 unspecified atom stereocenters. The van der Waals surface area contributed by atoms with E-state index in [4.69, 9.17) is 28.9 Å². The highest BCUT2D eigenvalue weighted by atomic mass is 35.5. The third kappa shape index (κ3) is 2.79. The molecule has 2 atom stereocenters. The minimum atomic E-state index is -1.34. The number of aliphatic hydroxyl groups excluding tert-OH is 2. The second kappa shape index (κ2) is 5.30. The van der Waals surface area contributed by atoms with Crippen LogP contribution >= 0.6 is 23.2 Å². The van der Waals surface area contributed by atoms with Gasteiger partial charge in [0, 0.05) is 11.8 Å². The van der Waals surface area contributed by atoms with Crippen molar-refractivity contribution >= 4 is 40.1 Å². The lowest BCUT2D eigenvalue weighted by molar-refractivity contribution is -0.121. The molecule has 0 aliphatic heterocycles. The molecular weight excluding hydrogens is 295 g/mol. The molecule has 0 saturated heterocycles. The van der Waals surface area contributed by atoms with E-state index in [2.05, 4.69) is 15.0 Å². The van der Waals surface area contributed by atoms with Crippen LogP contribution in [0.2, 0.25) is 10.4 Å². The molecule has 102 valence electrons. The van der Waals surface area contributed by atoms with Crippen LogP contribution in [0.3, 0.4) is 0 Å². The van der Waals surface area contributed by atoms with Crippen molar-refractivity contribution in [1.29, 1.82) is 0 Å². The molecule has 0 radical (unpaired) electrons. The monoisotopic (exact) mass is 304 g/mol. The predicted octanol–water partition coefficient (Wildman–Crippen LogP) is 0.534. The number of halogens is 2. The molecule has 0 aliphatic carbocycles. The number of nitrogens with zero attached hydrogens (tertiary/aromatic N) is 2. The predicted molar refractivity (Wildman–Crippen MR) is 68.7 cm³/mol. The lowest BCUT2D eigenvalue weighted by Crippen LogP contribution is -2.25. The molecule has 2 aromatic heterocycles. The lowest BCUT2D eigenvalue weighted by Gasteiger charge is -2.15. The number of carbonyl (C=O) groups excluding carboxylic acids is 1. The van der Waals surface area contributed by atoms with E-state index in [1.807, 2.05) is 0 Å². The Balaban J connectivity index is 2.43.